The molecule has 3 aromatic heterocycles. The fraction of sp³-hybridized carbons (Fsp3) is 0. The van der Waals surface area contributed by atoms with Crippen molar-refractivity contribution in [3.63, 3.8) is 0 Å². The summed E-state index contributed by atoms with van der Waals surface area (Å²) in [6.45, 7) is 0. The van der Waals surface area contributed by atoms with Crippen LogP contribution < -0.4 is 0 Å². The summed E-state index contributed by atoms with van der Waals surface area (Å²) in [4.78, 5) is 15.5. The van der Waals surface area contributed by atoms with E-state index >= 15 is 0 Å². The zero-order valence-electron chi connectivity index (χ0n) is 30.2. The second-order valence-electron chi connectivity index (χ2n) is 14.0. The van der Waals surface area contributed by atoms with Crippen LogP contribution in [0.2, 0.25) is 0 Å². The summed E-state index contributed by atoms with van der Waals surface area (Å²) < 4.78 is 8.68. The minimum atomic E-state index is 0.574. The van der Waals surface area contributed by atoms with Crippen molar-refractivity contribution in [2.45, 2.75) is 0 Å². The number of furan rings is 1. The van der Waals surface area contributed by atoms with Gasteiger partial charge in [-0.15, -0.1) is 0 Å². The molecule has 11 rings (SSSR count). The van der Waals surface area contributed by atoms with Crippen molar-refractivity contribution in [1.82, 2.24) is 19.5 Å². The van der Waals surface area contributed by atoms with E-state index in [4.69, 9.17) is 19.4 Å². The predicted octanol–water partition coefficient (Wildman–Crippen LogP) is 13.2. The van der Waals surface area contributed by atoms with Gasteiger partial charge in [0, 0.05) is 43.8 Å². The number of fused-ring (bicyclic) bond motifs is 6. The van der Waals surface area contributed by atoms with Gasteiger partial charge in [0.1, 0.15) is 11.2 Å². The van der Waals surface area contributed by atoms with Crippen LogP contribution in [0.4, 0.5) is 0 Å². The maximum absolute atomic E-state index is 6.31. The Hall–Kier alpha value is -7.63. The predicted molar refractivity (Wildman–Crippen MR) is 229 cm³/mol. The molecule has 5 nitrogen and oxygen atoms in total. The first-order valence-corrected chi connectivity index (χ1v) is 18.8. The first-order chi connectivity index (χ1) is 27.7. The van der Waals surface area contributed by atoms with Gasteiger partial charge in [-0.2, -0.15) is 0 Å². The number of para-hydroxylation sites is 3. The van der Waals surface area contributed by atoms with Crippen LogP contribution in [0.5, 0.6) is 0 Å². The van der Waals surface area contributed by atoms with Crippen molar-refractivity contribution < 1.29 is 4.42 Å². The van der Waals surface area contributed by atoms with Crippen LogP contribution in [0.15, 0.2) is 199 Å². The molecule has 0 aliphatic heterocycles. The van der Waals surface area contributed by atoms with Crippen LogP contribution in [0.3, 0.4) is 0 Å². The highest BCUT2D eigenvalue weighted by Gasteiger charge is 2.19. The quantitative estimate of drug-likeness (QED) is 0.172. The second kappa shape index (κ2) is 13.0. The van der Waals surface area contributed by atoms with Gasteiger partial charge in [-0.1, -0.05) is 158 Å². The molecule has 11 aromatic rings. The second-order valence-corrected chi connectivity index (χ2v) is 14.0. The maximum Gasteiger partial charge on any atom is 0.164 e. The first kappa shape index (κ1) is 31.9. The molecule has 5 heteroatoms. The number of aromatic nitrogens is 4. The Morgan fingerprint density at radius 2 is 0.786 bits per heavy atom. The number of hydrogen-bond donors (Lipinski definition) is 0. The van der Waals surface area contributed by atoms with E-state index < -0.39 is 0 Å². The van der Waals surface area contributed by atoms with Crippen LogP contribution in [0, 0.1) is 0 Å². The summed E-state index contributed by atoms with van der Waals surface area (Å²) in [5.74, 6) is 1.76. The molecule has 0 aliphatic carbocycles. The normalized spacial score (nSPS) is 11.6. The Bertz CT molecular complexity index is 3180. The monoisotopic (exact) mass is 716 g/mol. The number of rotatable bonds is 6. The van der Waals surface area contributed by atoms with Crippen molar-refractivity contribution in [3.8, 4) is 62.1 Å². The van der Waals surface area contributed by atoms with Crippen molar-refractivity contribution >= 4 is 43.7 Å². The highest BCUT2D eigenvalue weighted by Crippen LogP contribution is 2.39. The van der Waals surface area contributed by atoms with Crippen molar-refractivity contribution in [1.29, 1.82) is 0 Å². The van der Waals surface area contributed by atoms with Crippen molar-refractivity contribution in [2.24, 2.45) is 0 Å². The Labute approximate surface area is 322 Å². The summed E-state index contributed by atoms with van der Waals surface area (Å²) in [6, 6.07) is 67.5. The van der Waals surface area contributed by atoms with Gasteiger partial charge in [-0.25, -0.2) is 15.0 Å². The van der Waals surface area contributed by atoms with Gasteiger partial charge < -0.3 is 8.98 Å². The fourth-order valence-electron chi connectivity index (χ4n) is 7.97. The highest BCUT2D eigenvalue weighted by molar-refractivity contribution is 6.10. The molecule has 0 saturated heterocycles. The molecule has 56 heavy (non-hydrogen) atoms. The third-order valence-corrected chi connectivity index (χ3v) is 10.7. The Balaban J connectivity index is 1.13. The van der Waals surface area contributed by atoms with Gasteiger partial charge >= 0.3 is 0 Å². The van der Waals surface area contributed by atoms with Gasteiger partial charge in [0.2, 0.25) is 0 Å². The van der Waals surface area contributed by atoms with Crippen LogP contribution in [0.25, 0.3) is 106 Å². The topological polar surface area (TPSA) is 56.7 Å². The number of nitrogens with zero attached hydrogens (tertiary/aromatic N) is 4. The Kier molecular flexibility index (Phi) is 7.42. The largest absolute Gasteiger partial charge is 0.456 e. The van der Waals surface area contributed by atoms with E-state index in [0.29, 0.717) is 17.5 Å². The molecule has 0 fully saturated rings. The third-order valence-electron chi connectivity index (χ3n) is 10.7. The summed E-state index contributed by atoms with van der Waals surface area (Å²) >= 11 is 0. The molecule has 0 radical (unpaired) electrons. The van der Waals surface area contributed by atoms with Crippen molar-refractivity contribution in [2.75, 3.05) is 0 Å². The molecule has 0 unspecified atom stereocenters. The molecule has 0 atom stereocenters. The van der Waals surface area contributed by atoms with E-state index in [-0.39, 0.29) is 0 Å². The van der Waals surface area contributed by atoms with E-state index in [0.717, 1.165) is 77.6 Å². The molecule has 8 aromatic carbocycles. The smallest absolute Gasteiger partial charge is 0.164 e. The highest BCUT2D eigenvalue weighted by atomic mass is 16.3. The fourth-order valence-corrected chi connectivity index (χ4v) is 7.97. The molecule has 0 amide bonds. The lowest BCUT2D eigenvalue weighted by atomic mass is 10.0. The number of benzene rings is 8. The molecule has 262 valence electrons. The molecule has 0 bridgehead atoms. The van der Waals surface area contributed by atoms with Crippen molar-refractivity contribution in [3.05, 3.63) is 194 Å². The molecule has 0 spiro atoms. The lowest BCUT2D eigenvalue weighted by Crippen LogP contribution is -2.02. The zero-order chi connectivity index (χ0) is 37.0. The minimum absolute atomic E-state index is 0.574. The van der Waals surface area contributed by atoms with Gasteiger partial charge in [-0.3, -0.25) is 0 Å². The average Bonchev–Trinajstić information content (AvgIpc) is 3.82. The van der Waals surface area contributed by atoms with E-state index in [9.17, 15) is 0 Å². The van der Waals surface area contributed by atoms with Gasteiger partial charge in [-0.05, 0) is 53.1 Å². The van der Waals surface area contributed by atoms with Gasteiger partial charge in [0.25, 0.3) is 0 Å². The average molecular weight is 717 g/mol. The minimum Gasteiger partial charge on any atom is -0.456 e. The van der Waals surface area contributed by atoms with E-state index in [2.05, 4.69) is 168 Å². The SMILES string of the molecule is c1ccc(-c2ccc(-c3nc(-c4ccc(-c5ccccc5)c(-n5c6ccccc6c6ccccc65)c4)nc(-c4ccc5c(c4)oc4ccccc45)n3)cc2)cc1. The van der Waals surface area contributed by atoms with Crippen LogP contribution in [-0.4, -0.2) is 19.5 Å². The lowest BCUT2D eigenvalue weighted by Gasteiger charge is -2.16. The molecule has 3 heterocycles. The Morgan fingerprint density at radius 1 is 0.321 bits per heavy atom. The van der Waals surface area contributed by atoms with Gasteiger partial charge in [0.05, 0.1) is 16.7 Å². The van der Waals surface area contributed by atoms with Gasteiger partial charge in [0.15, 0.2) is 17.5 Å². The molecule has 0 saturated carbocycles. The first-order valence-electron chi connectivity index (χ1n) is 18.8. The van der Waals surface area contributed by atoms with Crippen LogP contribution in [0.1, 0.15) is 0 Å². The van der Waals surface area contributed by atoms with E-state index in [1.165, 1.54) is 10.8 Å². The molecule has 0 N–H and O–H groups in total. The number of hydrogen-bond acceptors (Lipinski definition) is 4. The maximum atomic E-state index is 6.31. The van der Waals surface area contributed by atoms with Crippen LogP contribution >= 0.6 is 0 Å². The summed E-state index contributed by atoms with van der Waals surface area (Å²) in [7, 11) is 0. The van der Waals surface area contributed by atoms with Crippen LogP contribution in [-0.2, 0) is 0 Å². The third kappa shape index (κ3) is 5.37. The standard InChI is InChI=1S/C51H32N4O/c1-3-13-33(14-4-1)34-23-25-36(26-24-34)49-52-50(54-51(53-49)38-28-30-43-42-19-9-12-22-47(42)56-48(43)32-38)37-27-29-39(35-15-5-2-6-16-35)46(31-37)55-44-20-10-7-17-40(44)41-18-8-11-21-45(41)55/h1-32H. The van der Waals surface area contributed by atoms with E-state index in [1.807, 2.05) is 30.3 Å². The Morgan fingerprint density at radius 3 is 1.46 bits per heavy atom. The molecular weight excluding hydrogens is 685 g/mol. The summed E-state index contributed by atoms with van der Waals surface area (Å²) in [6.07, 6.45) is 0. The molecular formula is C51H32N4O. The molecule has 0 aliphatic rings. The van der Waals surface area contributed by atoms with E-state index in [1.54, 1.807) is 0 Å². The summed E-state index contributed by atoms with van der Waals surface area (Å²) in [5.41, 5.74) is 12.1. The lowest BCUT2D eigenvalue weighted by molar-refractivity contribution is 0.669. The summed E-state index contributed by atoms with van der Waals surface area (Å²) in [5, 5.41) is 4.55. The zero-order valence-corrected chi connectivity index (χ0v) is 30.2.